The maximum Gasteiger partial charge on any atom is 0.257 e. The molecular formula is C16H17ClN4O2. The molecule has 6 nitrogen and oxygen atoms in total. The monoisotopic (exact) mass is 332 g/mol. The summed E-state index contributed by atoms with van der Waals surface area (Å²) < 4.78 is 5.25. The quantitative estimate of drug-likeness (QED) is 0.936. The molecule has 0 saturated carbocycles. The third kappa shape index (κ3) is 3.78. The highest BCUT2D eigenvalue weighted by atomic mass is 35.5. The normalized spacial score (nSPS) is 14.6. The molecule has 3 rings (SSSR count). The van der Waals surface area contributed by atoms with E-state index in [1.54, 1.807) is 23.4 Å². The summed E-state index contributed by atoms with van der Waals surface area (Å²) in [6.45, 7) is 4.29. The summed E-state index contributed by atoms with van der Waals surface area (Å²) >= 11 is 5.94. The molecule has 1 aliphatic heterocycles. The molecule has 120 valence electrons. The highest BCUT2D eigenvalue weighted by molar-refractivity contribution is 6.30. The zero-order valence-electron chi connectivity index (χ0n) is 12.8. The van der Waals surface area contributed by atoms with Gasteiger partial charge in [0.1, 0.15) is 0 Å². The van der Waals surface area contributed by atoms with Crippen LogP contribution in [0.4, 0.5) is 11.6 Å². The van der Waals surface area contributed by atoms with E-state index in [0.29, 0.717) is 42.8 Å². The van der Waals surface area contributed by atoms with Gasteiger partial charge in [-0.1, -0.05) is 11.6 Å². The molecule has 0 unspecified atom stereocenters. The summed E-state index contributed by atoms with van der Waals surface area (Å²) in [5.41, 5.74) is 2.35. The van der Waals surface area contributed by atoms with E-state index in [1.165, 1.54) is 0 Å². The predicted molar refractivity (Wildman–Crippen MR) is 88.2 cm³/mol. The van der Waals surface area contributed by atoms with Crippen molar-refractivity contribution in [1.29, 1.82) is 0 Å². The first-order valence-electron chi connectivity index (χ1n) is 7.36. The molecule has 7 heteroatoms. The number of halogens is 1. The lowest BCUT2D eigenvalue weighted by Crippen LogP contribution is -2.40. The zero-order chi connectivity index (χ0) is 16.2. The van der Waals surface area contributed by atoms with E-state index in [-0.39, 0.29) is 5.91 Å². The molecule has 1 aliphatic rings. The van der Waals surface area contributed by atoms with Gasteiger partial charge < -0.3 is 15.0 Å². The molecule has 0 atom stereocenters. The Kier molecular flexibility index (Phi) is 4.73. The number of carbonyl (C=O) groups excluding carboxylic acids is 1. The Bertz CT molecular complexity index is 700. The Balaban J connectivity index is 1.70. The van der Waals surface area contributed by atoms with E-state index < -0.39 is 0 Å². The van der Waals surface area contributed by atoms with Gasteiger partial charge >= 0.3 is 0 Å². The van der Waals surface area contributed by atoms with Crippen LogP contribution in [0.1, 0.15) is 15.9 Å². The van der Waals surface area contributed by atoms with Crippen LogP contribution < -0.4 is 5.32 Å². The molecule has 2 heterocycles. The van der Waals surface area contributed by atoms with Gasteiger partial charge in [-0.15, -0.1) is 0 Å². The molecule has 0 radical (unpaired) electrons. The minimum atomic E-state index is -0.0671. The topological polar surface area (TPSA) is 67.4 Å². The van der Waals surface area contributed by atoms with E-state index in [2.05, 4.69) is 15.3 Å². The Morgan fingerprint density at radius 3 is 2.61 bits per heavy atom. The lowest BCUT2D eigenvalue weighted by Gasteiger charge is -2.26. The average molecular weight is 333 g/mol. The minimum absolute atomic E-state index is 0.0671. The van der Waals surface area contributed by atoms with Crippen molar-refractivity contribution in [2.75, 3.05) is 31.6 Å². The van der Waals surface area contributed by atoms with E-state index >= 15 is 0 Å². The zero-order valence-corrected chi connectivity index (χ0v) is 13.5. The van der Waals surface area contributed by atoms with Crippen LogP contribution in [-0.4, -0.2) is 47.1 Å². The molecule has 2 aromatic rings. The van der Waals surface area contributed by atoms with Crippen LogP contribution in [0.5, 0.6) is 0 Å². The SMILES string of the molecule is Cc1cc(Cl)ccc1Nc1ncc(C(=O)N2CCOCC2)cn1. The van der Waals surface area contributed by atoms with Crippen molar-refractivity contribution in [3.63, 3.8) is 0 Å². The number of ether oxygens (including phenoxy) is 1. The summed E-state index contributed by atoms with van der Waals surface area (Å²) in [6, 6.07) is 5.53. The Hall–Kier alpha value is -2.18. The summed E-state index contributed by atoms with van der Waals surface area (Å²) in [7, 11) is 0. The molecule has 1 saturated heterocycles. The van der Waals surface area contributed by atoms with Gasteiger partial charge in [0.15, 0.2) is 0 Å². The van der Waals surface area contributed by atoms with Gasteiger partial charge in [-0.2, -0.15) is 0 Å². The van der Waals surface area contributed by atoms with Gasteiger partial charge in [0.05, 0.1) is 18.8 Å². The van der Waals surface area contributed by atoms with E-state index in [1.807, 2.05) is 19.1 Å². The van der Waals surface area contributed by atoms with Gasteiger partial charge in [0, 0.05) is 36.2 Å². The summed E-state index contributed by atoms with van der Waals surface area (Å²) in [5.74, 6) is 0.372. The van der Waals surface area contributed by atoms with E-state index in [4.69, 9.17) is 16.3 Å². The molecule has 0 bridgehead atoms. The van der Waals surface area contributed by atoms with Crippen molar-refractivity contribution >= 4 is 29.1 Å². The second-order valence-corrected chi connectivity index (χ2v) is 5.72. The maximum atomic E-state index is 12.3. The number of anilines is 2. The number of rotatable bonds is 3. The van der Waals surface area contributed by atoms with Crippen LogP contribution >= 0.6 is 11.6 Å². The molecule has 0 aliphatic carbocycles. The number of carbonyl (C=O) groups is 1. The Labute approximate surface area is 139 Å². The van der Waals surface area contributed by atoms with Crippen molar-refractivity contribution in [3.05, 3.63) is 46.7 Å². The molecule has 23 heavy (non-hydrogen) atoms. The number of hydrogen-bond acceptors (Lipinski definition) is 5. The third-order valence-corrected chi connectivity index (χ3v) is 3.87. The van der Waals surface area contributed by atoms with Crippen molar-refractivity contribution in [2.24, 2.45) is 0 Å². The van der Waals surface area contributed by atoms with Crippen molar-refractivity contribution in [2.45, 2.75) is 6.92 Å². The Morgan fingerprint density at radius 1 is 1.26 bits per heavy atom. The number of nitrogens with zero attached hydrogens (tertiary/aromatic N) is 3. The highest BCUT2D eigenvalue weighted by Crippen LogP contribution is 2.21. The van der Waals surface area contributed by atoms with Gasteiger partial charge in [-0.05, 0) is 30.7 Å². The fourth-order valence-corrected chi connectivity index (χ4v) is 2.57. The molecule has 1 aromatic carbocycles. The number of aryl methyl sites for hydroxylation is 1. The van der Waals surface area contributed by atoms with Gasteiger partial charge in [-0.25, -0.2) is 9.97 Å². The number of amides is 1. The third-order valence-electron chi connectivity index (χ3n) is 3.63. The van der Waals surface area contributed by atoms with Crippen LogP contribution in [0.2, 0.25) is 5.02 Å². The summed E-state index contributed by atoms with van der Waals surface area (Å²) in [4.78, 5) is 22.5. The fourth-order valence-electron chi connectivity index (χ4n) is 2.34. The predicted octanol–water partition coefficient (Wildman–Crippen LogP) is 2.65. The summed E-state index contributed by atoms with van der Waals surface area (Å²) in [5, 5.41) is 3.80. The fraction of sp³-hybridized carbons (Fsp3) is 0.312. The first-order chi connectivity index (χ1) is 11.1. The van der Waals surface area contributed by atoms with Crippen molar-refractivity contribution in [3.8, 4) is 0 Å². The van der Waals surface area contributed by atoms with Crippen LogP contribution in [-0.2, 0) is 4.74 Å². The van der Waals surface area contributed by atoms with Crippen LogP contribution in [0, 0.1) is 6.92 Å². The van der Waals surface area contributed by atoms with Gasteiger partial charge in [0.2, 0.25) is 5.95 Å². The molecule has 0 spiro atoms. The van der Waals surface area contributed by atoms with Crippen LogP contribution in [0.3, 0.4) is 0 Å². The molecule has 1 amide bonds. The maximum absolute atomic E-state index is 12.3. The number of aromatic nitrogens is 2. The lowest BCUT2D eigenvalue weighted by molar-refractivity contribution is 0.0302. The number of hydrogen-bond donors (Lipinski definition) is 1. The number of morpholine rings is 1. The minimum Gasteiger partial charge on any atom is -0.378 e. The number of benzene rings is 1. The second kappa shape index (κ2) is 6.93. The van der Waals surface area contributed by atoms with Gasteiger partial charge in [-0.3, -0.25) is 4.79 Å². The van der Waals surface area contributed by atoms with Crippen molar-refractivity contribution < 1.29 is 9.53 Å². The molecule has 1 N–H and O–H groups in total. The van der Waals surface area contributed by atoms with Crippen molar-refractivity contribution in [1.82, 2.24) is 14.9 Å². The second-order valence-electron chi connectivity index (χ2n) is 5.28. The smallest absolute Gasteiger partial charge is 0.257 e. The largest absolute Gasteiger partial charge is 0.378 e. The first kappa shape index (κ1) is 15.7. The van der Waals surface area contributed by atoms with Crippen LogP contribution in [0.25, 0.3) is 0 Å². The first-order valence-corrected chi connectivity index (χ1v) is 7.73. The molecular weight excluding hydrogens is 316 g/mol. The highest BCUT2D eigenvalue weighted by Gasteiger charge is 2.19. The average Bonchev–Trinajstić information content (AvgIpc) is 2.58. The standard InChI is InChI=1S/C16H17ClN4O2/c1-11-8-13(17)2-3-14(11)20-16-18-9-12(10-19-16)15(22)21-4-6-23-7-5-21/h2-3,8-10H,4-7H2,1H3,(H,18,19,20). The van der Waals surface area contributed by atoms with Gasteiger partial charge in [0.25, 0.3) is 5.91 Å². The Morgan fingerprint density at radius 2 is 1.96 bits per heavy atom. The van der Waals surface area contributed by atoms with E-state index in [0.717, 1.165) is 11.3 Å². The molecule has 1 aromatic heterocycles. The van der Waals surface area contributed by atoms with E-state index in [9.17, 15) is 4.79 Å². The lowest BCUT2D eigenvalue weighted by atomic mass is 10.2. The van der Waals surface area contributed by atoms with Crippen LogP contribution in [0.15, 0.2) is 30.6 Å². The summed E-state index contributed by atoms with van der Waals surface area (Å²) in [6.07, 6.45) is 3.08. The number of nitrogens with one attached hydrogen (secondary N) is 1. The molecule has 1 fully saturated rings.